The summed E-state index contributed by atoms with van der Waals surface area (Å²) in [5.41, 5.74) is -0.153. The molecule has 31 heavy (non-hydrogen) atoms. The van der Waals surface area contributed by atoms with Gasteiger partial charge in [0.15, 0.2) is 15.0 Å². The molecular weight excluding hydrogens is 462 g/mol. The largest absolute Gasteiger partial charge is 0.283 e. The Hall–Kier alpha value is -2.69. The van der Waals surface area contributed by atoms with E-state index in [1.165, 1.54) is 34.4 Å². The molecule has 2 aromatic carbocycles. The minimum Gasteiger partial charge on any atom is -0.283 e. The van der Waals surface area contributed by atoms with Crippen molar-refractivity contribution in [1.82, 2.24) is 4.98 Å². The predicted molar refractivity (Wildman–Crippen MR) is 119 cm³/mol. The molecule has 0 radical (unpaired) electrons. The van der Waals surface area contributed by atoms with Crippen LogP contribution in [0.5, 0.6) is 0 Å². The van der Waals surface area contributed by atoms with Crippen LogP contribution in [0.2, 0.25) is 0 Å². The van der Waals surface area contributed by atoms with Crippen LogP contribution in [0.15, 0.2) is 58.8 Å². The lowest BCUT2D eigenvalue weighted by atomic mass is 10.1. The quantitative estimate of drug-likeness (QED) is 0.394. The van der Waals surface area contributed by atoms with Gasteiger partial charge < -0.3 is 0 Å². The number of carbonyl (C=O) groups excluding carboxylic acids is 1. The summed E-state index contributed by atoms with van der Waals surface area (Å²) in [4.78, 5) is 20.0. The third-order valence-electron chi connectivity index (χ3n) is 4.59. The van der Waals surface area contributed by atoms with E-state index in [1.54, 1.807) is 6.07 Å². The summed E-state index contributed by atoms with van der Waals surface area (Å²) >= 11 is 2.61. The second-order valence-corrected chi connectivity index (χ2v) is 10.8. The predicted octanol–water partition coefficient (Wildman–Crippen LogP) is 4.93. The lowest BCUT2D eigenvalue weighted by molar-refractivity contribution is 0.0979. The number of hydrogen-bond acceptors (Lipinski definition) is 6. The first-order valence-electron chi connectivity index (χ1n) is 9.13. The molecule has 0 unspecified atom stereocenters. The Labute approximate surface area is 185 Å². The lowest BCUT2D eigenvalue weighted by Gasteiger charge is -2.20. The number of nitrogens with zero attached hydrogens (tertiary/aromatic N) is 2. The van der Waals surface area contributed by atoms with Gasteiger partial charge in [0.2, 0.25) is 0 Å². The molecule has 0 aliphatic rings. The van der Waals surface area contributed by atoms with Crippen LogP contribution in [0.4, 0.5) is 13.9 Å². The van der Waals surface area contributed by atoms with Crippen molar-refractivity contribution in [2.45, 2.75) is 11.3 Å². The molecule has 0 aliphatic carbocycles. The highest BCUT2D eigenvalue weighted by atomic mass is 32.2. The molecule has 1 amide bonds. The summed E-state index contributed by atoms with van der Waals surface area (Å²) in [6, 6.07) is 11.5. The minimum absolute atomic E-state index is 0.131. The maximum Gasteiger partial charge on any atom is 0.266 e. The maximum absolute atomic E-state index is 14.3. The Balaban J connectivity index is 1.77. The third-order valence-corrected chi connectivity index (χ3v) is 7.68. The van der Waals surface area contributed by atoms with Crippen molar-refractivity contribution in [3.63, 3.8) is 0 Å². The van der Waals surface area contributed by atoms with Gasteiger partial charge in [0.05, 0.1) is 15.1 Å². The molecule has 4 rings (SSSR count). The highest BCUT2D eigenvalue weighted by molar-refractivity contribution is 7.90. The molecular formula is C21H16F2N2O3S3. The Morgan fingerprint density at radius 1 is 1.10 bits per heavy atom. The summed E-state index contributed by atoms with van der Waals surface area (Å²) in [6.45, 7) is 0.159. The van der Waals surface area contributed by atoms with Gasteiger partial charge in [-0.05, 0) is 48.2 Å². The number of rotatable bonds is 6. The molecule has 4 aromatic rings. The number of fused-ring (bicyclic) bond motifs is 1. The van der Waals surface area contributed by atoms with Crippen molar-refractivity contribution < 1.29 is 22.0 Å². The fourth-order valence-corrected chi connectivity index (χ4v) is 5.49. The highest BCUT2D eigenvalue weighted by Gasteiger charge is 2.27. The molecule has 160 valence electrons. The van der Waals surface area contributed by atoms with Gasteiger partial charge in [-0.1, -0.05) is 23.5 Å². The zero-order valence-corrected chi connectivity index (χ0v) is 18.7. The number of benzene rings is 2. The Morgan fingerprint density at radius 3 is 2.48 bits per heavy atom. The number of anilines is 1. The van der Waals surface area contributed by atoms with Crippen LogP contribution in [0.3, 0.4) is 0 Å². The van der Waals surface area contributed by atoms with Crippen LogP contribution in [-0.4, -0.2) is 32.1 Å². The van der Waals surface area contributed by atoms with Crippen LogP contribution in [0.1, 0.15) is 15.2 Å². The SMILES string of the molecule is CS(=O)(=O)c1ccc2nc(N(CCc3cccs3)C(=O)c3c(F)cccc3F)sc2c1. The van der Waals surface area contributed by atoms with Crippen molar-refractivity contribution in [3.05, 3.63) is 76.0 Å². The molecule has 0 N–H and O–H groups in total. The van der Waals surface area contributed by atoms with Gasteiger partial charge in [-0.3, -0.25) is 9.69 Å². The first kappa shape index (κ1) is 21.5. The number of aromatic nitrogens is 1. The fourth-order valence-electron chi connectivity index (χ4n) is 3.04. The van der Waals surface area contributed by atoms with Crippen LogP contribution in [0, 0.1) is 11.6 Å². The second-order valence-electron chi connectivity index (χ2n) is 6.78. The van der Waals surface area contributed by atoms with Gasteiger partial charge in [0, 0.05) is 17.7 Å². The Morgan fingerprint density at radius 2 is 1.84 bits per heavy atom. The summed E-state index contributed by atoms with van der Waals surface area (Å²) < 4.78 is 52.9. The van der Waals surface area contributed by atoms with Crippen molar-refractivity contribution >= 4 is 53.8 Å². The molecule has 2 aromatic heterocycles. The van der Waals surface area contributed by atoms with E-state index < -0.39 is 32.9 Å². The van der Waals surface area contributed by atoms with Crippen LogP contribution in [-0.2, 0) is 16.3 Å². The minimum atomic E-state index is -3.42. The second kappa shape index (κ2) is 8.45. The molecule has 0 fully saturated rings. The molecule has 10 heteroatoms. The number of hydrogen-bond donors (Lipinski definition) is 0. The maximum atomic E-state index is 14.3. The van der Waals surface area contributed by atoms with E-state index in [1.807, 2.05) is 17.5 Å². The van der Waals surface area contributed by atoms with Gasteiger partial charge in [0.1, 0.15) is 17.2 Å². The number of thiazole rings is 1. The van der Waals surface area contributed by atoms with E-state index in [4.69, 9.17) is 0 Å². The van der Waals surface area contributed by atoms with Crippen LogP contribution < -0.4 is 4.90 Å². The monoisotopic (exact) mass is 478 g/mol. The standard InChI is InChI=1S/C21H16F2N2O3S3/c1-31(27,28)14-7-8-17-18(12-14)30-21(24-17)25(10-9-13-4-3-11-29-13)20(26)19-15(22)5-2-6-16(19)23/h2-8,11-12H,9-10H2,1H3. The topological polar surface area (TPSA) is 67.3 Å². The smallest absolute Gasteiger partial charge is 0.266 e. The number of thiophene rings is 1. The van der Waals surface area contributed by atoms with E-state index in [2.05, 4.69) is 4.98 Å². The number of halogens is 2. The number of sulfone groups is 1. The van der Waals surface area contributed by atoms with Crippen molar-refractivity contribution in [3.8, 4) is 0 Å². The molecule has 0 bridgehead atoms. The molecule has 5 nitrogen and oxygen atoms in total. The summed E-state index contributed by atoms with van der Waals surface area (Å²) in [5, 5.41) is 2.15. The van der Waals surface area contributed by atoms with Gasteiger partial charge >= 0.3 is 0 Å². The summed E-state index contributed by atoms with van der Waals surface area (Å²) in [7, 11) is -3.42. The van der Waals surface area contributed by atoms with Crippen molar-refractivity contribution in [2.75, 3.05) is 17.7 Å². The van der Waals surface area contributed by atoms with E-state index in [9.17, 15) is 22.0 Å². The van der Waals surface area contributed by atoms with E-state index >= 15 is 0 Å². The Bertz CT molecular complexity index is 1350. The van der Waals surface area contributed by atoms with E-state index in [-0.39, 0.29) is 16.6 Å². The third kappa shape index (κ3) is 4.51. The average Bonchev–Trinajstić information content (AvgIpc) is 3.36. The van der Waals surface area contributed by atoms with E-state index in [0.717, 1.165) is 34.6 Å². The summed E-state index contributed by atoms with van der Waals surface area (Å²) in [6.07, 6.45) is 1.58. The van der Waals surface area contributed by atoms with Crippen LogP contribution in [0.25, 0.3) is 10.2 Å². The van der Waals surface area contributed by atoms with Gasteiger partial charge in [-0.15, -0.1) is 11.3 Å². The first-order valence-corrected chi connectivity index (χ1v) is 12.7. The van der Waals surface area contributed by atoms with Crippen LogP contribution >= 0.6 is 22.7 Å². The molecule has 0 saturated carbocycles. The van der Waals surface area contributed by atoms with Gasteiger partial charge in [0.25, 0.3) is 5.91 Å². The van der Waals surface area contributed by atoms with Gasteiger partial charge in [-0.25, -0.2) is 22.2 Å². The van der Waals surface area contributed by atoms with Crippen molar-refractivity contribution in [2.24, 2.45) is 0 Å². The zero-order chi connectivity index (χ0) is 22.2. The summed E-state index contributed by atoms with van der Waals surface area (Å²) in [5.74, 6) is -2.74. The van der Waals surface area contributed by atoms with Gasteiger partial charge in [-0.2, -0.15) is 0 Å². The number of carbonyl (C=O) groups is 1. The molecule has 0 spiro atoms. The molecule has 0 atom stereocenters. The van der Waals surface area contributed by atoms with Crippen molar-refractivity contribution in [1.29, 1.82) is 0 Å². The first-order chi connectivity index (χ1) is 14.7. The zero-order valence-electron chi connectivity index (χ0n) is 16.2. The normalized spacial score (nSPS) is 11.7. The Kier molecular flexibility index (Phi) is 5.87. The molecule has 0 aliphatic heterocycles. The fraction of sp³-hybridized carbons (Fsp3) is 0.143. The molecule has 0 saturated heterocycles. The lowest BCUT2D eigenvalue weighted by Crippen LogP contribution is -2.34. The van der Waals surface area contributed by atoms with E-state index in [0.29, 0.717) is 16.6 Å². The molecule has 2 heterocycles. The number of amides is 1. The average molecular weight is 479 g/mol. The highest BCUT2D eigenvalue weighted by Crippen LogP contribution is 2.32.